The van der Waals surface area contributed by atoms with Crippen molar-refractivity contribution in [2.45, 2.75) is 20.3 Å². The molecule has 0 radical (unpaired) electrons. The van der Waals surface area contributed by atoms with Crippen LogP contribution < -0.4 is 5.73 Å². The van der Waals surface area contributed by atoms with Crippen LogP contribution in [0.1, 0.15) is 24.5 Å². The van der Waals surface area contributed by atoms with Gasteiger partial charge in [-0.25, -0.2) is 0 Å². The molecular formula is C12H17N3OS. The van der Waals surface area contributed by atoms with Gasteiger partial charge >= 0.3 is 0 Å². The first-order valence-corrected chi connectivity index (χ1v) is 6.41. The van der Waals surface area contributed by atoms with Crippen molar-refractivity contribution >= 4 is 23.1 Å². The maximum Gasteiger partial charge on any atom is 0.180 e. The molecule has 0 amide bonds. The number of phenols is 1. The van der Waals surface area contributed by atoms with E-state index in [4.69, 9.17) is 5.73 Å². The second kappa shape index (κ2) is 6.96. The lowest BCUT2D eigenvalue weighted by molar-refractivity contribution is 0.474. The molecule has 1 rings (SSSR count). The highest BCUT2D eigenvalue weighted by molar-refractivity contribution is 8.13. The molecule has 1 aromatic rings. The van der Waals surface area contributed by atoms with Crippen molar-refractivity contribution in [3.05, 3.63) is 29.3 Å². The molecule has 0 heterocycles. The van der Waals surface area contributed by atoms with Crippen LogP contribution in [0.4, 0.5) is 0 Å². The van der Waals surface area contributed by atoms with E-state index in [1.165, 1.54) is 18.0 Å². The van der Waals surface area contributed by atoms with Gasteiger partial charge in [0.15, 0.2) is 5.17 Å². The van der Waals surface area contributed by atoms with Crippen molar-refractivity contribution in [1.82, 2.24) is 0 Å². The summed E-state index contributed by atoms with van der Waals surface area (Å²) in [5.74, 6) is 1.12. The smallest absolute Gasteiger partial charge is 0.180 e. The van der Waals surface area contributed by atoms with Crippen molar-refractivity contribution in [2.75, 3.05) is 5.75 Å². The average Bonchev–Trinajstić information content (AvgIpc) is 2.31. The molecule has 0 spiro atoms. The third kappa shape index (κ3) is 4.91. The summed E-state index contributed by atoms with van der Waals surface area (Å²) in [6.07, 6.45) is 2.55. The lowest BCUT2D eigenvalue weighted by atomic mass is 10.1. The van der Waals surface area contributed by atoms with Gasteiger partial charge in [0.05, 0.1) is 6.21 Å². The van der Waals surface area contributed by atoms with E-state index in [9.17, 15) is 5.11 Å². The summed E-state index contributed by atoms with van der Waals surface area (Å²) in [7, 11) is 0. The van der Waals surface area contributed by atoms with Crippen molar-refractivity contribution in [3.63, 3.8) is 0 Å². The van der Waals surface area contributed by atoms with E-state index in [1.54, 1.807) is 6.07 Å². The molecule has 5 heteroatoms. The quantitative estimate of drug-likeness (QED) is 0.490. The minimum atomic E-state index is 0.189. The largest absolute Gasteiger partial charge is 0.507 e. The monoisotopic (exact) mass is 251 g/mol. The summed E-state index contributed by atoms with van der Waals surface area (Å²) in [4.78, 5) is 0. The lowest BCUT2D eigenvalue weighted by Gasteiger charge is -1.99. The summed E-state index contributed by atoms with van der Waals surface area (Å²) in [5, 5.41) is 17.7. The van der Waals surface area contributed by atoms with Gasteiger partial charge in [-0.1, -0.05) is 30.3 Å². The molecule has 0 aliphatic heterocycles. The zero-order valence-electron chi connectivity index (χ0n) is 10.1. The van der Waals surface area contributed by atoms with Gasteiger partial charge in [0.1, 0.15) is 5.75 Å². The molecule has 0 bridgehead atoms. The Hall–Kier alpha value is -1.49. The van der Waals surface area contributed by atoms with Gasteiger partial charge in [0, 0.05) is 11.3 Å². The molecule has 0 aliphatic rings. The Kier molecular flexibility index (Phi) is 5.56. The molecule has 0 unspecified atom stereocenters. The molecule has 0 aliphatic carbocycles. The summed E-state index contributed by atoms with van der Waals surface area (Å²) in [6, 6.07) is 5.31. The van der Waals surface area contributed by atoms with Gasteiger partial charge in [-0.3, -0.25) is 0 Å². The molecule has 0 fully saturated rings. The number of nitrogens with two attached hydrogens (primary N) is 1. The van der Waals surface area contributed by atoms with E-state index >= 15 is 0 Å². The van der Waals surface area contributed by atoms with Crippen molar-refractivity contribution in [1.29, 1.82) is 0 Å². The van der Waals surface area contributed by atoms with Crippen LogP contribution in [-0.2, 0) is 0 Å². The zero-order chi connectivity index (χ0) is 12.7. The maximum atomic E-state index is 9.57. The van der Waals surface area contributed by atoms with Crippen LogP contribution >= 0.6 is 11.8 Å². The lowest BCUT2D eigenvalue weighted by Crippen LogP contribution is -2.06. The third-order valence-electron chi connectivity index (χ3n) is 1.99. The fourth-order valence-corrected chi connectivity index (χ4v) is 1.68. The minimum Gasteiger partial charge on any atom is -0.507 e. The van der Waals surface area contributed by atoms with Crippen LogP contribution in [0.3, 0.4) is 0 Å². The zero-order valence-corrected chi connectivity index (χ0v) is 10.9. The van der Waals surface area contributed by atoms with Crippen LogP contribution in [0, 0.1) is 6.92 Å². The van der Waals surface area contributed by atoms with Gasteiger partial charge in [-0.15, -0.1) is 5.10 Å². The number of rotatable bonds is 4. The first kappa shape index (κ1) is 13.6. The molecule has 92 valence electrons. The summed E-state index contributed by atoms with van der Waals surface area (Å²) >= 11 is 1.47. The number of benzene rings is 1. The molecule has 0 aromatic heterocycles. The van der Waals surface area contributed by atoms with E-state index in [1.807, 2.05) is 19.1 Å². The molecule has 0 saturated heterocycles. The number of thioether (sulfide) groups is 1. The average molecular weight is 251 g/mol. The second-order valence-corrected chi connectivity index (χ2v) is 4.71. The molecule has 0 saturated carbocycles. The SMILES string of the molecule is CCCS/C(N)=N\N=C\c1cc(C)ccc1O. The molecule has 17 heavy (non-hydrogen) atoms. The Morgan fingerprint density at radius 2 is 2.29 bits per heavy atom. The predicted molar refractivity (Wildman–Crippen MR) is 74.8 cm³/mol. The molecule has 0 atom stereocenters. The number of amidine groups is 1. The second-order valence-electron chi connectivity index (χ2n) is 3.59. The number of nitrogens with zero attached hydrogens (tertiary/aromatic N) is 2. The standard InChI is InChI=1S/C12H17N3OS/c1-3-6-17-12(13)15-14-8-10-7-9(2)4-5-11(10)16/h4-5,7-8,16H,3,6H2,1-2H3,(H2,13,15)/b14-8+. The van der Waals surface area contributed by atoms with Crippen LogP contribution in [0.15, 0.2) is 28.4 Å². The van der Waals surface area contributed by atoms with Crippen LogP contribution in [0.25, 0.3) is 0 Å². The molecular weight excluding hydrogens is 234 g/mol. The Morgan fingerprint density at radius 1 is 1.53 bits per heavy atom. The molecule has 4 nitrogen and oxygen atoms in total. The summed E-state index contributed by atoms with van der Waals surface area (Å²) in [6.45, 7) is 4.03. The highest BCUT2D eigenvalue weighted by Crippen LogP contribution is 2.15. The molecule has 3 N–H and O–H groups in total. The van der Waals surface area contributed by atoms with Crippen LogP contribution in [-0.4, -0.2) is 22.2 Å². The van der Waals surface area contributed by atoms with Crippen molar-refractivity contribution in [3.8, 4) is 5.75 Å². The van der Waals surface area contributed by atoms with Crippen LogP contribution in [0.2, 0.25) is 0 Å². The highest BCUT2D eigenvalue weighted by Gasteiger charge is 1.97. The number of aromatic hydroxyl groups is 1. The Bertz CT molecular complexity index is 430. The third-order valence-corrected chi connectivity index (χ3v) is 2.98. The van der Waals surface area contributed by atoms with Gasteiger partial charge in [-0.05, 0) is 25.5 Å². The fourth-order valence-electron chi connectivity index (χ4n) is 1.16. The first-order chi connectivity index (χ1) is 8.13. The predicted octanol–water partition coefficient (Wildman–Crippen LogP) is 2.49. The van der Waals surface area contributed by atoms with E-state index < -0.39 is 0 Å². The maximum absolute atomic E-state index is 9.57. The van der Waals surface area contributed by atoms with Crippen LogP contribution in [0.5, 0.6) is 5.75 Å². The number of hydrogen-bond acceptors (Lipinski definition) is 4. The Labute approximate surface area is 106 Å². The Balaban J connectivity index is 2.67. The van der Waals surface area contributed by atoms with Gasteiger partial charge in [-0.2, -0.15) is 5.10 Å². The van der Waals surface area contributed by atoms with Gasteiger partial charge in [0.2, 0.25) is 0 Å². The number of phenolic OH excluding ortho intramolecular Hbond substituents is 1. The van der Waals surface area contributed by atoms with Gasteiger partial charge in [0.25, 0.3) is 0 Å². The normalized spacial score (nSPS) is 12.2. The Morgan fingerprint density at radius 3 is 3.00 bits per heavy atom. The van der Waals surface area contributed by atoms with Crippen molar-refractivity contribution < 1.29 is 5.11 Å². The minimum absolute atomic E-state index is 0.189. The topological polar surface area (TPSA) is 71.0 Å². The molecule has 1 aromatic carbocycles. The van der Waals surface area contributed by atoms with E-state index in [0.717, 1.165) is 17.7 Å². The van der Waals surface area contributed by atoms with E-state index in [0.29, 0.717) is 10.7 Å². The highest BCUT2D eigenvalue weighted by atomic mass is 32.2. The van der Waals surface area contributed by atoms with Gasteiger partial charge < -0.3 is 10.8 Å². The first-order valence-electron chi connectivity index (χ1n) is 5.42. The fraction of sp³-hybridized carbons (Fsp3) is 0.333. The number of aryl methyl sites for hydroxylation is 1. The van der Waals surface area contributed by atoms with Crippen molar-refractivity contribution in [2.24, 2.45) is 15.9 Å². The summed E-state index contributed by atoms with van der Waals surface area (Å²) in [5.41, 5.74) is 7.33. The van der Waals surface area contributed by atoms with E-state index in [-0.39, 0.29) is 5.75 Å². The van der Waals surface area contributed by atoms with E-state index in [2.05, 4.69) is 17.1 Å². The summed E-state index contributed by atoms with van der Waals surface area (Å²) < 4.78 is 0. The number of hydrogen-bond donors (Lipinski definition) is 2.